The van der Waals surface area contributed by atoms with Gasteiger partial charge in [0.15, 0.2) is 5.78 Å². The number of Topliss-reactive ketones (excluding diaryl/α,β-unsaturated/α-hetero) is 1. The number of hydrogen-bond acceptors (Lipinski definition) is 5. The van der Waals surface area contributed by atoms with Gasteiger partial charge in [0.1, 0.15) is 0 Å². The number of aryl methyl sites for hydroxylation is 1. The number of carbonyl (C=O) groups excluding carboxylic acids is 2. The second-order valence-corrected chi connectivity index (χ2v) is 7.07. The van der Waals surface area contributed by atoms with E-state index in [2.05, 4.69) is 9.97 Å². The zero-order chi connectivity index (χ0) is 20.6. The molecule has 0 fully saturated rings. The van der Waals surface area contributed by atoms with Crippen LogP contribution in [0.2, 0.25) is 10.0 Å². The van der Waals surface area contributed by atoms with Gasteiger partial charge in [0.2, 0.25) is 0 Å². The van der Waals surface area contributed by atoms with Crippen LogP contribution in [0, 0.1) is 13.8 Å². The van der Waals surface area contributed by atoms with Crippen molar-refractivity contribution in [2.45, 2.75) is 27.3 Å². The number of ketones is 1. The Bertz CT molecular complexity index is 1160. The van der Waals surface area contributed by atoms with Gasteiger partial charge in [-0.1, -0.05) is 23.2 Å². The lowest BCUT2D eigenvalue weighted by Crippen LogP contribution is -2.25. The topological polar surface area (TPSA) is 94.1 Å². The summed E-state index contributed by atoms with van der Waals surface area (Å²) in [5.74, 6) is -0.867. The molecule has 1 N–H and O–H groups in total. The van der Waals surface area contributed by atoms with Gasteiger partial charge in [-0.15, -0.1) is 0 Å². The highest BCUT2D eigenvalue weighted by molar-refractivity contribution is 6.38. The first kappa shape index (κ1) is 20.1. The van der Waals surface area contributed by atoms with Gasteiger partial charge in [-0.2, -0.15) is 0 Å². The van der Waals surface area contributed by atoms with Crippen LogP contribution in [0.3, 0.4) is 0 Å². The first-order valence-corrected chi connectivity index (χ1v) is 9.23. The van der Waals surface area contributed by atoms with Crippen LogP contribution in [0.15, 0.2) is 23.3 Å². The van der Waals surface area contributed by atoms with E-state index in [0.29, 0.717) is 27.4 Å². The highest BCUT2D eigenvalue weighted by Crippen LogP contribution is 2.24. The molecule has 0 radical (unpaired) electrons. The zero-order valence-electron chi connectivity index (χ0n) is 15.4. The molecule has 0 atom stereocenters. The van der Waals surface area contributed by atoms with Gasteiger partial charge in [0, 0.05) is 10.7 Å². The molecule has 2 heterocycles. The Labute approximate surface area is 170 Å². The van der Waals surface area contributed by atoms with Crippen LogP contribution in [0.4, 0.5) is 0 Å². The van der Waals surface area contributed by atoms with Gasteiger partial charge in [-0.05, 0) is 38.5 Å². The normalized spacial score (nSPS) is 11.0. The maximum Gasteiger partial charge on any atom is 0.340 e. The van der Waals surface area contributed by atoms with E-state index in [1.807, 2.05) is 0 Å². The molecule has 0 aliphatic carbocycles. The fourth-order valence-electron chi connectivity index (χ4n) is 3.08. The van der Waals surface area contributed by atoms with Crippen molar-refractivity contribution < 1.29 is 14.3 Å². The van der Waals surface area contributed by atoms with E-state index < -0.39 is 11.5 Å². The van der Waals surface area contributed by atoms with Crippen molar-refractivity contribution in [3.8, 4) is 0 Å². The van der Waals surface area contributed by atoms with Crippen LogP contribution in [0.5, 0.6) is 0 Å². The molecule has 0 aliphatic heterocycles. The van der Waals surface area contributed by atoms with Gasteiger partial charge in [-0.25, -0.2) is 9.78 Å². The van der Waals surface area contributed by atoms with Crippen molar-refractivity contribution in [2.24, 2.45) is 0 Å². The molecule has 3 rings (SSSR count). The quantitative estimate of drug-likeness (QED) is 0.500. The van der Waals surface area contributed by atoms with Gasteiger partial charge in [0.25, 0.3) is 5.56 Å². The Morgan fingerprint density at radius 1 is 1.25 bits per heavy atom. The average molecular weight is 422 g/mol. The summed E-state index contributed by atoms with van der Waals surface area (Å²) in [5.41, 5.74) is 1.46. The maximum atomic E-state index is 12.8. The number of nitrogens with one attached hydrogen (secondary N) is 1. The molecule has 0 unspecified atom stereocenters. The van der Waals surface area contributed by atoms with Crippen molar-refractivity contribution in [3.05, 3.63) is 61.4 Å². The molecule has 28 heavy (non-hydrogen) atoms. The minimum absolute atomic E-state index is 0.222. The number of benzene rings is 1. The standard InChI is InChI=1S/C19H17Cl2N3O4/c1-4-28-19(27)15-9(2)16(23-10(15)3)14(25)7-24-8-22-17-12(18(24)26)5-11(20)6-13(17)21/h5-6,8,23H,4,7H2,1-3H3. The third-order valence-corrected chi connectivity index (χ3v) is 4.86. The van der Waals surface area contributed by atoms with Gasteiger partial charge >= 0.3 is 5.97 Å². The number of ether oxygens (including phenoxy) is 1. The molecular formula is C19H17Cl2N3O4. The lowest BCUT2D eigenvalue weighted by molar-refractivity contribution is 0.0525. The van der Waals surface area contributed by atoms with Crippen LogP contribution >= 0.6 is 23.2 Å². The molecule has 0 saturated heterocycles. The fourth-order valence-corrected chi connectivity index (χ4v) is 3.62. The molecular weight excluding hydrogens is 405 g/mol. The van der Waals surface area contributed by atoms with E-state index in [0.717, 1.165) is 0 Å². The number of aromatic amines is 1. The molecule has 1 aromatic carbocycles. The number of rotatable bonds is 5. The number of fused-ring (bicyclic) bond motifs is 1. The lowest BCUT2D eigenvalue weighted by atomic mass is 10.1. The molecule has 146 valence electrons. The van der Waals surface area contributed by atoms with Crippen molar-refractivity contribution in [1.29, 1.82) is 0 Å². The summed E-state index contributed by atoms with van der Waals surface area (Å²) in [7, 11) is 0. The van der Waals surface area contributed by atoms with E-state index in [9.17, 15) is 14.4 Å². The van der Waals surface area contributed by atoms with Crippen LogP contribution < -0.4 is 5.56 Å². The van der Waals surface area contributed by atoms with Crippen LogP contribution in [-0.2, 0) is 11.3 Å². The number of nitrogens with zero attached hydrogens (tertiary/aromatic N) is 2. The summed E-state index contributed by atoms with van der Waals surface area (Å²) >= 11 is 12.0. The fraction of sp³-hybridized carbons (Fsp3) is 0.263. The molecule has 0 amide bonds. The largest absolute Gasteiger partial charge is 0.462 e. The molecule has 7 nitrogen and oxygen atoms in total. The van der Waals surface area contributed by atoms with Gasteiger partial charge in [-0.3, -0.25) is 14.2 Å². The number of esters is 1. The van der Waals surface area contributed by atoms with E-state index in [1.54, 1.807) is 20.8 Å². The maximum absolute atomic E-state index is 12.8. The number of H-pyrrole nitrogens is 1. The summed E-state index contributed by atoms with van der Waals surface area (Å²) < 4.78 is 6.21. The highest BCUT2D eigenvalue weighted by atomic mass is 35.5. The van der Waals surface area contributed by atoms with Crippen LogP contribution in [0.1, 0.15) is 39.0 Å². The van der Waals surface area contributed by atoms with Crippen LogP contribution in [0.25, 0.3) is 10.9 Å². The molecule has 0 spiro atoms. The molecule has 0 aliphatic rings. The first-order chi connectivity index (χ1) is 13.2. The van der Waals surface area contributed by atoms with E-state index in [-0.39, 0.29) is 35.0 Å². The minimum Gasteiger partial charge on any atom is -0.462 e. The number of carbonyl (C=O) groups is 2. The Morgan fingerprint density at radius 2 is 1.96 bits per heavy atom. The Kier molecular flexibility index (Phi) is 5.58. The monoisotopic (exact) mass is 421 g/mol. The van der Waals surface area contributed by atoms with Crippen molar-refractivity contribution >= 4 is 45.9 Å². The van der Waals surface area contributed by atoms with Crippen molar-refractivity contribution in [1.82, 2.24) is 14.5 Å². The summed E-state index contributed by atoms with van der Waals surface area (Å²) in [6, 6.07) is 2.96. The number of aromatic nitrogens is 3. The third kappa shape index (κ3) is 3.55. The highest BCUT2D eigenvalue weighted by Gasteiger charge is 2.23. The summed E-state index contributed by atoms with van der Waals surface area (Å²) in [5, 5.41) is 0.780. The van der Waals surface area contributed by atoms with E-state index in [1.165, 1.54) is 23.0 Å². The summed E-state index contributed by atoms with van der Waals surface area (Å²) in [4.78, 5) is 44.7. The second kappa shape index (κ2) is 7.77. The van der Waals surface area contributed by atoms with E-state index in [4.69, 9.17) is 27.9 Å². The van der Waals surface area contributed by atoms with Crippen LogP contribution in [-0.4, -0.2) is 32.9 Å². The van der Waals surface area contributed by atoms with Gasteiger partial charge < -0.3 is 9.72 Å². The molecule has 3 aromatic rings. The predicted octanol–water partition coefficient (Wildman–Crippen LogP) is 3.71. The Balaban J connectivity index is 1.98. The smallest absolute Gasteiger partial charge is 0.340 e. The average Bonchev–Trinajstić information content (AvgIpc) is 2.92. The molecule has 0 saturated carbocycles. The summed E-state index contributed by atoms with van der Waals surface area (Å²) in [6.45, 7) is 5.02. The first-order valence-electron chi connectivity index (χ1n) is 8.48. The van der Waals surface area contributed by atoms with Crippen molar-refractivity contribution in [3.63, 3.8) is 0 Å². The number of halogens is 2. The van der Waals surface area contributed by atoms with E-state index >= 15 is 0 Å². The Morgan fingerprint density at radius 3 is 2.64 bits per heavy atom. The molecule has 0 bridgehead atoms. The predicted molar refractivity (Wildman–Crippen MR) is 107 cm³/mol. The second-order valence-electron chi connectivity index (χ2n) is 6.23. The van der Waals surface area contributed by atoms with Gasteiger partial charge in [0.05, 0.1) is 46.7 Å². The summed E-state index contributed by atoms with van der Waals surface area (Å²) in [6.07, 6.45) is 1.26. The lowest BCUT2D eigenvalue weighted by Gasteiger charge is -2.07. The molecule has 9 heteroatoms. The SMILES string of the molecule is CCOC(=O)c1c(C)[nH]c(C(=O)Cn2cnc3c(Cl)cc(Cl)cc3c2=O)c1C. The zero-order valence-corrected chi connectivity index (χ0v) is 16.9. The minimum atomic E-state index is -0.498. The van der Waals surface area contributed by atoms with Crippen molar-refractivity contribution in [2.75, 3.05) is 6.61 Å². The number of hydrogen-bond donors (Lipinski definition) is 1. The Hall–Kier alpha value is -2.64. The third-order valence-electron chi connectivity index (χ3n) is 4.36. The molecule has 2 aromatic heterocycles.